The lowest BCUT2D eigenvalue weighted by Gasteiger charge is -2.11. The molecule has 1 saturated heterocycles. The smallest absolute Gasteiger partial charge is 0.228 e. The molecule has 0 aliphatic carbocycles. The van der Waals surface area contributed by atoms with E-state index in [-0.39, 0.29) is 11.8 Å². The SMILES string of the molecule is CN1CCC(C(=O)Nc2ccc(N)cc2)C1. The predicted molar refractivity (Wildman–Crippen MR) is 65.1 cm³/mol. The average Bonchev–Trinajstić information content (AvgIpc) is 2.68. The number of nitrogen functional groups attached to an aromatic ring is 1. The van der Waals surface area contributed by atoms with E-state index >= 15 is 0 Å². The Morgan fingerprint density at radius 3 is 2.69 bits per heavy atom. The Morgan fingerprint density at radius 2 is 2.12 bits per heavy atom. The van der Waals surface area contributed by atoms with Crippen molar-refractivity contribution >= 4 is 17.3 Å². The van der Waals surface area contributed by atoms with Gasteiger partial charge in [0.25, 0.3) is 0 Å². The second-order valence-electron chi connectivity index (χ2n) is 4.36. The molecule has 0 saturated carbocycles. The van der Waals surface area contributed by atoms with Crippen molar-refractivity contribution in [1.29, 1.82) is 0 Å². The van der Waals surface area contributed by atoms with Gasteiger partial charge in [0.05, 0.1) is 5.92 Å². The summed E-state index contributed by atoms with van der Waals surface area (Å²) in [5.74, 6) is 0.219. The van der Waals surface area contributed by atoms with E-state index in [2.05, 4.69) is 10.2 Å². The van der Waals surface area contributed by atoms with E-state index in [1.165, 1.54) is 0 Å². The van der Waals surface area contributed by atoms with E-state index in [0.29, 0.717) is 5.69 Å². The number of nitrogens with zero attached hydrogens (tertiary/aromatic N) is 1. The van der Waals surface area contributed by atoms with Crippen molar-refractivity contribution in [3.63, 3.8) is 0 Å². The fourth-order valence-electron chi connectivity index (χ4n) is 1.96. The van der Waals surface area contributed by atoms with Gasteiger partial charge in [-0.1, -0.05) is 0 Å². The van der Waals surface area contributed by atoms with Crippen LogP contribution < -0.4 is 11.1 Å². The van der Waals surface area contributed by atoms with Crippen molar-refractivity contribution in [2.75, 3.05) is 31.2 Å². The first kappa shape index (κ1) is 11.0. The normalized spacial score (nSPS) is 20.9. The standard InChI is InChI=1S/C12H17N3O/c1-15-7-6-9(8-15)12(16)14-11-4-2-10(13)3-5-11/h2-5,9H,6-8,13H2,1H3,(H,14,16). The Morgan fingerprint density at radius 1 is 1.44 bits per heavy atom. The Labute approximate surface area is 95.4 Å². The monoisotopic (exact) mass is 219 g/mol. The van der Waals surface area contributed by atoms with Gasteiger partial charge in [-0.05, 0) is 44.3 Å². The predicted octanol–water partition coefficient (Wildman–Crippen LogP) is 1.16. The summed E-state index contributed by atoms with van der Waals surface area (Å²) < 4.78 is 0. The number of likely N-dealkylation sites (tertiary alicyclic amines) is 1. The quantitative estimate of drug-likeness (QED) is 0.734. The topological polar surface area (TPSA) is 58.4 Å². The Kier molecular flexibility index (Phi) is 3.10. The zero-order chi connectivity index (χ0) is 11.5. The number of benzene rings is 1. The Hall–Kier alpha value is -1.55. The lowest BCUT2D eigenvalue weighted by atomic mass is 10.1. The van der Waals surface area contributed by atoms with Crippen LogP contribution in [0.2, 0.25) is 0 Å². The van der Waals surface area contributed by atoms with E-state index in [0.717, 1.165) is 25.2 Å². The molecule has 0 aromatic heterocycles. The lowest BCUT2D eigenvalue weighted by Crippen LogP contribution is -2.25. The summed E-state index contributed by atoms with van der Waals surface area (Å²) in [5, 5.41) is 2.91. The second-order valence-corrected chi connectivity index (χ2v) is 4.36. The first-order valence-electron chi connectivity index (χ1n) is 5.50. The van der Waals surface area contributed by atoms with Crippen LogP contribution >= 0.6 is 0 Å². The number of amides is 1. The van der Waals surface area contributed by atoms with Gasteiger partial charge in [-0.25, -0.2) is 0 Å². The van der Waals surface area contributed by atoms with E-state index in [4.69, 9.17) is 5.73 Å². The van der Waals surface area contributed by atoms with Crippen molar-refractivity contribution in [3.05, 3.63) is 24.3 Å². The van der Waals surface area contributed by atoms with E-state index in [1.54, 1.807) is 12.1 Å². The minimum Gasteiger partial charge on any atom is -0.399 e. The fourth-order valence-corrected chi connectivity index (χ4v) is 1.96. The molecule has 4 heteroatoms. The van der Waals surface area contributed by atoms with Gasteiger partial charge in [0.15, 0.2) is 0 Å². The molecular weight excluding hydrogens is 202 g/mol. The van der Waals surface area contributed by atoms with Crippen LogP contribution in [-0.2, 0) is 4.79 Å². The molecule has 86 valence electrons. The van der Waals surface area contributed by atoms with Gasteiger partial charge in [0.2, 0.25) is 5.91 Å². The summed E-state index contributed by atoms with van der Waals surface area (Å²) in [6.07, 6.45) is 0.942. The van der Waals surface area contributed by atoms with Crippen LogP contribution in [0.1, 0.15) is 6.42 Å². The molecule has 0 radical (unpaired) electrons. The fraction of sp³-hybridized carbons (Fsp3) is 0.417. The van der Waals surface area contributed by atoms with Crippen molar-refractivity contribution in [2.24, 2.45) is 5.92 Å². The number of carbonyl (C=O) groups is 1. The van der Waals surface area contributed by atoms with Gasteiger partial charge in [-0.15, -0.1) is 0 Å². The van der Waals surface area contributed by atoms with Gasteiger partial charge < -0.3 is 16.0 Å². The van der Waals surface area contributed by atoms with E-state index in [1.807, 2.05) is 19.2 Å². The largest absolute Gasteiger partial charge is 0.399 e. The third-order valence-electron chi connectivity index (χ3n) is 2.94. The molecule has 2 rings (SSSR count). The highest BCUT2D eigenvalue weighted by atomic mass is 16.1. The van der Waals surface area contributed by atoms with E-state index in [9.17, 15) is 4.79 Å². The maximum atomic E-state index is 11.9. The number of hydrogen-bond donors (Lipinski definition) is 2. The molecule has 1 unspecified atom stereocenters. The minimum atomic E-state index is 0.106. The number of nitrogens with two attached hydrogens (primary N) is 1. The van der Waals surface area contributed by atoms with Crippen LogP contribution in [-0.4, -0.2) is 30.9 Å². The Balaban J connectivity index is 1.94. The van der Waals surface area contributed by atoms with Crippen molar-refractivity contribution in [1.82, 2.24) is 4.90 Å². The molecule has 1 aromatic rings. The highest BCUT2D eigenvalue weighted by Gasteiger charge is 2.25. The van der Waals surface area contributed by atoms with Crippen molar-refractivity contribution in [3.8, 4) is 0 Å². The third kappa shape index (κ3) is 2.52. The minimum absolute atomic E-state index is 0.106. The van der Waals surface area contributed by atoms with Crippen LogP contribution in [0, 0.1) is 5.92 Å². The Bertz CT molecular complexity index is 374. The zero-order valence-electron chi connectivity index (χ0n) is 9.44. The van der Waals surface area contributed by atoms with Gasteiger partial charge in [-0.3, -0.25) is 4.79 Å². The molecule has 3 N–H and O–H groups in total. The van der Waals surface area contributed by atoms with Crippen molar-refractivity contribution < 1.29 is 4.79 Å². The first-order chi connectivity index (χ1) is 7.65. The molecule has 1 aromatic carbocycles. The molecule has 1 aliphatic rings. The lowest BCUT2D eigenvalue weighted by molar-refractivity contribution is -0.119. The van der Waals surface area contributed by atoms with Crippen LogP contribution in [0.15, 0.2) is 24.3 Å². The molecule has 1 fully saturated rings. The number of nitrogens with one attached hydrogen (secondary N) is 1. The number of carbonyl (C=O) groups excluding carboxylic acids is 1. The molecular formula is C12H17N3O. The maximum absolute atomic E-state index is 11.9. The summed E-state index contributed by atoms with van der Waals surface area (Å²) >= 11 is 0. The van der Waals surface area contributed by atoms with Gasteiger partial charge in [0.1, 0.15) is 0 Å². The van der Waals surface area contributed by atoms with Crippen molar-refractivity contribution in [2.45, 2.75) is 6.42 Å². The summed E-state index contributed by atoms with van der Waals surface area (Å²) in [6, 6.07) is 7.23. The second kappa shape index (κ2) is 4.53. The summed E-state index contributed by atoms with van der Waals surface area (Å²) in [6.45, 7) is 1.85. The summed E-state index contributed by atoms with van der Waals surface area (Å²) in [4.78, 5) is 14.1. The molecule has 0 spiro atoms. The molecule has 16 heavy (non-hydrogen) atoms. The highest BCUT2D eigenvalue weighted by Crippen LogP contribution is 2.17. The summed E-state index contributed by atoms with van der Waals surface area (Å²) in [5.41, 5.74) is 7.10. The molecule has 1 atom stereocenters. The van der Waals surface area contributed by atoms with E-state index < -0.39 is 0 Å². The first-order valence-corrected chi connectivity index (χ1v) is 5.50. The maximum Gasteiger partial charge on any atom is 0.228 e. The number of anilines is 2. The molecule has 1 amide bonds. The average molecular weight is 219 g/mol. The van der Waals surface area contributed by atoms with Crippen LogP contribution in [0.4, 0.5) is 11.4 Å². The number of rotatable bonds is 2. The van der Waals surface area contributed by atoms with Gasteiger partial charge in [0, 0.05) is 17.9 Å². The molecule has 1 heterocycles. The van der Waals surface area contributed by atoms with Gasteiger partial charge in [-0.2, -0.15) is 0 Å². The molecule has 1 aliphatic heterocycles. The molecule has 0 bridgehead atoms. The van der Waals surface area contributed by atoms with Crippen LogP contribution in [0.5, 0.6) is 0 Å². The number of hydrogen-bond acceptors (Lipinski definition) is 3. The highest BCUT2D eigenvalue weighted by molar-refractivity contribution is 5.93. The van der Waals surface area contributed by atoms with Gasteiger partial charge >= 0.3 is 0 Å². The van der Waals surface area contributed by atoms with Crippen LogP contribution in [0.3, 0.4) is 0 Å². The van der Waals surface area contributed by atoms with Crippen LogP contribution in [0.25, 0.3) is 0 Å². The zero-order valence-corrected chi connectivity index (χ0v) is 9.44. The summed E-state index contributed by atoms with van der Waals surface area (Å²) in [7, 11) is 2.04. The third-order valence-corrected chi connectivity index (χ3v) is 2.94. The molecule has 4 nitrogen and oxygen atoms in total.